The van der Waals surface area contributed by atoms with E-state index in [0.717, 1.165) is 12.1 Å². The van der Waals surface area contributed by atoms with Crippen molar-refractivity contribution < 1.29 is 18.0 Å². The number of carbonyl (C=O) groups is 1. The van der Waals surface area contributed by atoms with Crippen LogP contribution in [0.15, 0.2) is 47.2 Å². The summed E-state index contributed by atoms with van der Waals surface area (Å²) in [5.41, 5.74) is 0.312. The SMILES string of the molecule is O=C(c1ccco1)N1CCN(c2cnnc(Nc3ccc(F)c(F)c3)n2)CC1. The molecular weight excluding hydrogens is 370 g/mol. The zero-order valence-electron chi connectivity index (χ0n) is 14.7. The Morgan fingerprint density at radius 3 is 2.64 bits per heavy atom. The van der Waals surface area contributed by atoms with E-state index in [4.69, 9.17) is 4.42 Å². The summed E-state index contributed by atoms with van der Waals surface area (Å²) in [6.45, 7) is 2.15. The molecule has 0 aliphatic carbocycles. The first kappa shape index (κ1) is 17.8. The first-order valence-electron chi connectivity index (χ1n) is 8.60. The number of carbonyl (C=O) groups excluding carboxylic acids is 1. The molecule has 4 rings (SSSR count). The van der Waals surface area contributed by atoms with Crippen molar-refractivity contribution in [2.75, 3.05) is 36.4 Å². The van der Waals surface area contributed by atoms with Crippen molar-refractivity contribution in [3.8, 4) is 0 Å². The van der Waals surface area contributed by atoms with Gasteiger partial charge in [0.1, 0.15) is 0 Å². The highest BCUT2D eigenvalue weighted by Gasteiger charge is 2.24. The summed E-state index contributed by atoms with van der Waals surface area (Å²) < 4.78 is 31.5. The fraction of sp³-hybridized carbons (Fsp3) is 0.222. The van der Waals surface area contributed by atoms with Crippen LogP contribution in [0.25, 0.3) is 0 Å². The zero-order chi connectivity index (χ0) is 19.5. The van der Waals surface area contributed by atoms with E-state index in [1.165, 1.54) is 18.5 Å². The maximum absolute atomic E-state index is 13.3. The fourth-order valence-electron chi connectivity index (χ4n) is 2.90. The van der Waals surface area contributed by atoms with Crippen LogP contribution in [-0.2, 0) is 0 Å². The van der Waals surface area contributed by atoms with Gasteiger partial charge in [-0.15, -0.1) is 5.10 Å². The number of nitrogens with zero attached hydrogens (tertiary/aromatic N) is 5. The molecule has 144 valence electrons. The lowest BCUT2D eigenvalue weighted by Gasteiger charge is -2.34. The molecule has 0 saturated carbocycles. The Balaban J connectivity index is 1.41. The van der Waals surface area contributed by atoms with Gasteiger partial charge in [-0.3, -0.25) is 4.79 Å². The third-order valence-corrected chi connectivity index (χ3v) is 4.34. The molecule has 8 nitrogen and oxygen atoms in total. The van der Waals surface area contributed by atoms with Gasteiger partial charge in [0, 0.05) is 37.9 Å². The standard InChI is InChI=1S/C18H16F2N6O2/c19-13-4-3-12(10-14(13)20)22-18-23-16(11-21-24-18)25-5-7-26(8-6-25)17(27)15-2-1-9-28-15/h1-4,9-11H,5-8H2,(H,22,23,24). The number of anilines is 3. The van der Waals surface area contributed by atoms with Gasteiger partial charge in [0.2, 0.25) is 5.95 Å². The summed E-state index contributed by atoms with van der Waals surface area (Å²) in [7, 11) is 0. The molecule has 1 fully saturated rings. The maximum Gasteiger partial charge on any atom is 0.289 e. The van der Waals surface area contributed by atoms with Gasteiger partial charge < -0.3 is 19.5 Å². The van der Waals surface area contributed by atoms with E-state index in [1.807, 2.05) is 4.90 Å². The van der Waals surface area contributed by atoms with Gasteiger partial charge >= 0.3 is 0 Å². The molecule has 2 aromatic heterocycles. The molecule has 1 N–H and O–H groups in total. The molecule has 1 amide bonds. The van der Waals surface area contributed by atoms with Crippen LogP contribution in [0.2, 0.25) is 0 Å². The Morgan fingerprint density at radius 2 is 1.93 bits per heavy atom. The Labute approximate surface area is 158 Å². The number of rotatable bonds is 4. The fourth-order valence-corrected chi connectivity index (χ4v) is 2.90. The van der Waals surface area contributed by atoms with Crippen LogP contribution >= 0.6 is 0 Å². The van der Waals surface area contributed by atoms with Crippen molar-refractivity contribution in [1.82, 2.24) is 20.1 Å². The smallest absolute Gasteiger partial charge is 0.289 e. The summed E-state index contributed by atoms with van der Waals surface area (Å²) in [5, 5.41) is 10.6. The third-order valence-electron chi connectivity index (χ3n) is 4.34. The van der Waals surface area contributed by atoms with Gasteiger partial charge in [-0.2, -0.15) is 10.1 Å². The molecule has 10 heteroatoms. The van der Waals surface area contributed by atoms with E-state index in [-0.39, 0.29) is 11.9 Å². The van der Waals surface area contributed by atoms with Crippen molar-refractivity contribution >= 4 is 23.4 Å². The molecule has 1 aromatic carbocycles. The Bertz CT molecular complexity index is 974. The van der Waals surface area contributed by atoms with Gasteiger partial charge in [0.15, 0.2) is 23.2 Å². The van der Waals surface area contributed by atoms with Crippen LogP contribution < -0.4 is 10.2 Å². The van der Waals surface area contributed by atoms with Crippen molar-refractivity contribution in [3.63, 3.8) is 0 Å². The van der Waals surface area contributed by atoms with Gasteiger partial charge in [0.25, 0.3) is 5.91 Å². The van der Waals surface area contributed by atoms with Gasteiger partial charge in [-0.05, 0) is 24.3 Å². The Hall–Kier alpha value is -3.56. The number of halogens is 2. The Kier molecular flexibility index (Phi) is 4.83. The molecule has 1 aliphatic heterocycles. The quantitative estimate of drug-likeness (QED) is 0.737. The molecule has 3 aromatic rings. The first-order chi connectivity index (χ1) is 13.6. The van der Waals surface area contributed by atoms with E-state index < -0.39 is 11.6 Å². The second kappa shape index (κ2) is 7.59. The Morgan fingerprint density at radius 1 is 1.11 bits per heavy atom. The predicted molar refractivity (Wildman–Crippen MR) is 96.3 cm³/mol. The highest BCUT2D eigenvalue weighted by Crippen LogP contribution is 2.19. The minimum absolute atomic E-state index is 0.147. The van der Waals surface area contributed by atoms with E-state index in [1.54, 1.807) is 17.0 Å². The molecule has 28 heavy (non-hydrogen) atoms. The van der Waals surface area contributed by atoms with Crippen LogP contribution in [0, 0.1) is 11.6 Å². The molecule has 1 aliphatic rings. The third kappa shape index (κ3) is 3.75. The number of hydrogen-bond acceptors (Lipinski definition) is 7. The summed E-state index contributed by atoms with van der Waals surface area (Å²) in [4.78, 5) is 20.4. The van der Waals surface area contributed by atoms with Gasteiger partial charge in [-0.1, -0.05) is 0 Å². The zero-order valence-corrected chi connectivity index (χ0v) is 14.7. The summed E-state index contributed by atoms with van der Waals surface area (Å²) in [6.07, 6.45) is 2.98. The molecule has 1 saturated heterocycles. The predicted octanol–water partition coefficient (Wildman–Crippen LogP) is 2.45. The number of aromatic nitrogens is 3. The maximum atomic E-state index is 13.3. The van der Waals surface area contributed by atoms with Crippen LogP contribution in [0.3, 0.4) is 0 Å². The van der Waals surface area contributed by atoms with Crippen LogP contribution in [-0.4, -0.2) is 52.2 Å². The summed E-state index contributed by atoms with van der Waals surface area (Å²) in [6, 6.07) is 6.74. The largest absolute Gasteiger partial charge is 0.459 e. The van der Waals surface area contributed by atoms with Gasteiger partial charge in [0.05, 0.1) is 12.5 Å². The first-order valence-corrected chi connectivity index (χ1v) is 8.60. The van der Waals surface area contributed by atoms with E-state index in [0.29, 0.717) is 43.4 Å². The minimum Gasteiger partial charge on any atom is -0.459 e. The van der Waals surface area contributed by atoms with Crippen molar-refractivity contribution in [3.05, 3.63) is 60.2 Å². The molecule has 0 atom stereocenters. The average Bonchev–Trinajstić information content (AvgIpc) is 3.25. The van der Waals surface area contributed by atoms with Crippen molar-refractivity contribution in [2.45, 2.75) is 0 Å². The average molecular weight is 386 g/mol. The minimum atomic E-state index is -0.966. The lowest BCUT2D eigenvalue weighted by molar-refractivity contribution is 0.0714. The number of furan rings is 1. The second-order valence-electron chi connectivity index (χ2n) is 6.15. The molecule has 0 bridgehead atoms. The second-order valence-corrected chi connectivity index (χ2v) is 6.15. The highest BCUT2D eigenvalue weighted by atomic mass is 19.2. The number of amides is 1. The summed E-state index contributed by atoms with van der Waals surface area (Å²) in [5.74, 6) is -0.990. The molecule has 0 spiro atoms. The monoisotopic (exact) mass is 386 g/mol. The highest BCUT2D eigenvalue weighted by molar-refractivity contribution is 5.91. The lowest BCUT2D eigenvalue weighted by Crippen LogP contribution is -2.49. The molecular formula is C18H16F2N6O2. The molecule has 0 radical (unpaired) electrons. The number of hydrogen-bond donors (Lipinski definition) is 1. The van der Waals surface area contributed by atoms with E-state index in [9.17, 15) is 13.6 Å². The number of nitrogens with one attached hydrogen (secondary N) is 1. The molecule has 3 heterocycles. The van der Waals surface area contributed by atoms with Crippen molar-refractivity contribution in [1.29, 1.82) is 0 Å². The number of benzene rings is 1. The number of piperazine rings is 1. The normalized spacial score (nSPS) is 14.2. The van der Waals surface area contributed by atoms with Crippen LogP contribution in [0.5, 0.6) is 0 Å². The van der Waals surface area contributed by atoms with Crippen LogP contribution in [0.1, 0.15) is 10.6 Å². The summed E-state index contributed by atoms with van der Waals surface area (Å²) >= 11 is 0. The molecule has 0 unspecified atom stereocenters. The van der Waals surface area contributed by atoms with E-state index >= 15 is 0 Å². The van der Waals surface area contributed by atoms with Gasteiger partial charge in [-0.25, -0.2) is 8.78 Å². The lowest BCUT2D eigenvalue weighted by atomic mass is 10.3. The van der Waals surface area contributed by atoms with E-state index in [2.05, 4.69) is 20.5 Å². The topological polar surface area (TPSA) is 87.4 Å². The van der Waals surface area contributed by atoms with Crippen molar-refractivity contribution in [2.24, 2.45) is 0 Å². The van der Waals surface area contributed by atoms with Crippen LogP contribution in [0.4, 0.5) is 26.2 Å².